The van der Waals surface area contributed by atoms with Crippen molar-refractivity contribution >= 4 is 17.5 Å². The van der Waals surface area contributed by atoms with Gasteiger partial charge in [-0.1, -0.05) is 37.6 Å². The molecule has 0 bridgehead atoms. The van der Waals surface area contributed by atoms with Crippen molar-refractivity contribution in [3.63, 3.8) is 0 Å². The first kappa shape index (κ1) is 12.4. The highest BCUT2D eigenvalue weighted by molar-refractivity contribution is 6.27. The normalized spacial score (nSPS) is 18.9. The molecule has 0 spiro atoms. The van der Waals surface area contributed by atoms with E-state index in [4.69, 9.17) is 11.6 Å². The van der Waals surface area contributed by atoms with Gasteiger partial charge < -0.3 is 4.90 Å². The SMILES string of the molecule is CCCC1c2ccccc2CCN1C(=O)CCl. The summed E-state index contributed by atoms with van der Waals surface area (Å²) in [6, 6.07) is 8.65. The molecule has 1 unspecified atom stereocenters. The summed E-state index contributed by atoms with van der Waals surface area (Å²) in [5.41, 5.74) is 2.68. The number of amides is 1. The molecule has 92 valence electrons. The molecule has 0 saturated heterocycles. The van der Waals surface area contributed by atoms with Crippen molar-refractivity contribution in [2.24, 2.45) is 0 Å². The van der Waals surface area contributed by atoms with Gasteiger partial charge in [-0.3, -0.25) is 4.79 Å². The maximum Gasteiger partial charge on any atom is 0.238 e. The second-order valence-electron chi connectivity index (χ2n) is 4.47. The summed E-state index contributed by atoms with van der Waals surface area (Å²) in [6.07, 6.45) is 3.03. The number of carbonyl (C=O) groups excluding carboxylic acids is 1. The third kappa shape index (κ3) is 2.47. The number of rotatable bonds is 3. The maximum absolute atomic E-state index is 11.9. The van der Waals surface area contributed by atoms with E-state index in [1.54, 1.807) is 0 Å². The number of halogens is 1. The second-order valence-corrected chi connectivity index (χ2v) is 4.74. The van der Waals surface area contributed by atoms with Crippen LogP contribution in [0.5, 0.6) is 0 Å². The van der Waals surface area contributed by atoms with Crippen LogP contribution in [-0.2, 0) is 11.2 Å². The Morgan fingerprint density at radius 3 is 2.94 bits per heavy atom. The Hall–Kier alpha value is -1.02. The van der Waals surface area contributed by atoms with Crippen molar-refractivity contribution in [3.05, 3.63) is 35.4 Å². The quantitative estimate of drug-likeness (QED) is 0.756. The first-order chi connectivity index (χ1) is 8.27. The lowest BCUT2D eigenvalue weighted by Gasteiger charge is -2.37. The molecule has 0 fully saturated rings. The zero-order valence-electron chi connectivity index (χ0n) is 10.2. The summed E-state index contributed by atoms with van der Waals surface area (Å²) >= 11 is 5.69. The van der Waals surface area contributed by atoms with Crippen LogP contribution >= 0.6 is 11.6 Å². The minimum Gasteiger partial charge on any atom is -0.334 e. The minimum absolute atomic E-state index is 0.0552. The summed E-state index contributed by atoms with van der Waals surface area (Å²) < 4.78 is 0. The van der Waals surface area contributed by atoms with E-state index in [1.165, 1.54) is 11.1 Å². The molecular formula is C14H18ClNO. The molecule has 2 rings (SSSR count). The van der Waals surface area contributed by atoms with E-state index in [1.807, 2.05) is 4.90 Å². The lowest BCUT2D eigenvalue weighted by molar-refractivity contribution is -0.131. The smallest absolute Gasteiger partial charge is 0.238 e. The number of carbonyl (C=O) groups is 1. The van der Waals surface area contributed by atoms with Crippen LogP contribution in [0.1, 0.15) is 36.9 Å². The average Bonchev–Trinajstić information content (AvgIpc) is 2.38. The maximum atomic E-state index is 11.9. The molecular weight excluding hydrogens is 234 g/mol. The molecule has 1 atom stereocenters. The Bertz CT molecular complexity index is 405. The fourth-order valence-electron chi connectivity index (χ4n) is 2.61. The zero-order chi connectivity index (χ0) is 12.3. The number of nitrogens with zero attached hydrogens (tertiary/aromatic N) is 1. The van der Waals surface area contributed by atoms with Gasteiger partial charge in [-0.25, -0.2) is 0 Å². The Labute approximate surface area is 108 Å². The molecule has 0 saturated carbocycles. The van der Waals surface area contributed by atoms with Crippen molar-refractivity contribution in [1.82, 2.24) is 4.90 Å². The van der Waals surface area contributed by atoms with Crippen molar-refractivity contribution < 1.29 is 4.79 Å². The standard InChI is InChI=1S/C14H18ClNO/c1-2-5-13-12-7-4-3-6-11(12)8-9-16(13)14(17)10-15/h3-4,6-7,13H,2,5,8-10H2,1H3. The van der Waals surface area contributed by atoms with Crippen LogP contribution in [0.25, 0.3) is 0 Å². The Morgan fingerprint density at radius 1 is 1.47 bits per heavy atom. The third-order valence-corrected chi connectivity index (χ3v) is 3.64. The van der Waals surface area contributed by atoms with Crippen LogP contribution in [0.4, 0.5) is 0 Å². The number of alkyl halides is 1. The summed E-state index contributed by atoms with van der Waals surface area (Å²) in [4.78, 5) is 13.8. The van der Waals surface area contributed by atoms with E-state index in [2.05, 4.69) is 31.2 Å². The molecule has 2 nitrogen and oxygen atoms in total. The van der Waals surface area contributed by atoms with Gasteiger partial charge in [-0.05, 0) is 24.0 Å². The van der Waals surface area contributed by atoms with Gasteiger partial charge in [0.2, 0.25) is 5.91 Å². The van der Waals surface area contributed by atoms with E-state index < -0.39 is 0 Å². The lowest BCUT2D eigenvalue weighted by atomic mass is 9.90. The van der Waals surface area contributed by atoms with E-state index in [0.717, 1.165) is 25.8 Å². The van der Waals surface area contributed by atoms with Crippen LogP contribution in [0.2, 0.25) is 0 Å². The third-order valence-electron chi connectivity index (χ3n) is 3.41. The Balaban J connectivity index is 2.32. The lowest BCUT2D eigenvalue weighted by Crippen LogP contribution is -2.40. The molecule has 17 heavy (non-hydrogen) atoms. The van der Waals surface area contributed by atoms with Gasteiger partial charge in [0.05, 0.1) is 6.04 Å². The summed E-state index contributed by atoms with van der Waals surface area (Å²) in [7, 11) is 0. The predicted molar refractivity (Wildman–Crippen MR) is 70.2 cm³/mol. The van der Waals surface area contributed by atoms with Crippen molar-refractivity contribution in [1.29, 1.82) is 0 Å². The number of benzene rings is 1. The number of hydrogen-bond donors (Lipinski definition) is 0. The molecule has 1 aliphatic heterocycles. The van der Waals surface area contributed by atoms with Crippen LogP contribution in [0.3, 0.4) is 0 Å². The van der Waals surface area contributed by atoms with Gasteiger partial charge in [-0.15, -0.1) is 11.6 Å². The second kappa shape index (κ2) is 5.54. The molecule has 1 heterocycles. The highest BCUT2D eigenvalue weighted by Gasteiger charge is 2.29. The largest absolute Gasteiger partial charge is 0.334 e. The van der Waals surface area contributed by atoms with Crippen LogP contribution in [0, 0.1) is 0 Å². The molecule has 3 heteroatoms. The van der Waals surface area contributed by atoms with E-state index in [0.29, 0.717) is 0 Å². The van der Waals surface area contributed by atoms with Gasteiger partial charge >= 0.3 is 0 Å². The molecule has 1 aromatic carbocycles. The fraction of sp³-hybridized carbons (Fsp3) is 0.500. The topological polar surface area (TPSA) is 20.3 Å². The van der Waals surface area contributed by atoms with Gasteiger partial charge in [-0.2, -0.15) is 0 Å². The molecule has 1 aliphatic rings. The van der Waals surface area contributed by atoms with Crippen molar-refractivity contribution in [2.75, 3.05) is 12.4 Å². The fourth-order valence-corrected chi connectivity index (χ4v) is 2.77. The van der Waals surface area contributed by atoms with Gasteiger partial charge in [0, 0.05) is 6.54 Å². The summed E-state index contributed by atoms with van der Waals surface area (Å²) in [5, 5.41) is 0. The Kier molecular flexibility index (Phi) is 4.06. The van der Waals surface area contributed by atoms with Crippen LogP contribution in [0.15, 0.2) is 24.3 Å². The molecule has 1 amide bonds. The zero-order valence-corrected chi connectivity index (χ0v) is 10.9. The summed E-state index contributed by atoms with van der Waals surface area (Å²) in [5.74, 6) is 0.141. The number of fused-ring (bicyclic) bond motifs is 1. The van der Waals surface area contributed by atoms with E-state index in [-0.39, 0.29) is 17.8 Å². The van der Waals surface area contributed by atoms with Gasteiger partial charge in [0.15, 0.2) is 0 Å². The van der Waals surface area contributed by atoms with Crippen molar-refractivity contribution in [3.8, 4) is 0 Å². The molecule has 0 N–H and O–H groups in total. The first-order valence-electron chi connectivity index (χ1n) is 6.21. The van der Waals surface area contributed by atoms with E-state index in [9.17, 15) is 4.79 Å². The minimum atomic E-state index is 0.0552. The van der Waals surface area contributed by atoms with Crippen LogP contribution in [-0.4, -0.2) is 23.2 Å². The first-order valence-corrected chi connectivity index (χ1v) is 6.74. The van der Waals surface area contributed by atoms with Crippen molar-refractivity contribution in [2.45, 2.75) is 32.2 Å². The number of hydrogen-bond acceptors (Lipinski definition) is 1. The molecule has 0 aromatic heterocycles. The van der Waals surface area contributed by atoms with Crippen LogP contribution < -0.4 is 0 Å². The highest BCUT2D eigenvalue weighted by Crippen LogP contribution is 2.33. The molecule has 1 aromatic rings. The Morgan fingerprint density at radius 2 is 2.24 bits per heavy atom. The highest BCUT2D eigenvalue weighted by atomic mass is 35.5. The van der Waals surface area contributed by atoms with Gasteiger partial charge in [0.25, 0.3) is 0 Å². The van der Waals surface area contributed by atoms with Gasteiger partial charge in [0.1, 0.15) is 5.88 Å². The summed E-state index contributed by atoms with van der Waals surface area (Å²) in [6.45, 7) is 2.95. The average molecular weight is 252 g/mol. The molecule has 0 aliphatic carbocycles. The molecule has 0 radical (unpaired) electrons. The predicted octanol–water partition coefficient (Wildman–Crippen LogP) is 3.15. The monoisotopic (exact) mass is 251 g/mol. The van der Waals surface area contributed by atoms with E-state index >= 15 is 0 Å².